The van der Waals surface area contributed by atoms with Crippen LogP contribution in [-0.2, 0) is 25.7 Å². The third-order valence-electron chi connectivity index (χ3n) is 8.89. The Labute approximate surface area is 249 Å². The highest BCUT2D eigenvalue weighted by molar-refractivity contribution is 5.76. The van der Waals surface area contributed by atoms with Gasteiger partial charge in [0.25, 0.3) is 0 Å². The Hall–Kier alpha value is -3.32. The molecule has 0 aliphatic heterocycles. The van der Waals surface area contributed by atoms with Crippen molar-refractivity contribution in [3.63, 3.8) is 0 Å². The summed E-state index contributed by atoms with van der Waals surface area (Å²) in [5.74, 6) is 0. The maximum absolute atomic E-state index is 2.46. The molecule has 1 aliphatic rings. The smallest absolute Gasteiger partial charge is 0.0461 e. The Balaban J connectivity index is 0.960. The second-order valence-electron chi connectivity index (χ2n) is 12.3. The van der Waals surface area contributed by atoms with Gasteiger partial charge in [0.05, 0.1) is 0 Å². The summed E-state index contributed by atoms with van der Waals surface area (Å²) in [5.41, 5.74) is 12.4. The van der Waals surface area contributed by atoms with Gasteiger partial charge in [0.1, 0.15) is 0 Å². The molecule has 0 saturated heterocycles. The molecule has 0 atom stereocenters. The molecule has 0 fully saturated rings. The molecule has 0 spiro atoms. The number of fused-ring (bicyclic) bond motifs is 1. The van der Waals surface area contributed by atoms with Gasteiger partial charge in [0.2, 0.25) is 0 Å². The summed E-state index contributed by atoms with van der Waals surface area (Å²) in [6.45, 7) is 4.29. The fourth-order valence-corrected chi connectivity index (χ4v) is 6.12. The Morgan fingerprint density at radius 1 is 0.415 bits per heavy atom. The van der Waals surface area contributed by atoms with E-state index in [4.69, 9.17) is 0 Å². The first-order chi connectivity index (χ1) is 20.2. The average Bonchev–Trinajstić information content (AvgIpc) is 2.98. The van der Waals surface area contributed by atoms with Gasteiger partial charge < -0.3 is 4.90 Å². The minimum absolute atomic E-state index is 1.18. The Morgan fingerprint density at radius 3 is 1.24 bits per heavy atom. The molecule has 4 aromatic carbocycles. The lowest BCUT2D eigenvalue weighted by Crippen LogP contribution is -2.10. The van der Waals surface area contributed by atoms with Crippen LogP contribution in [0.3, 0.4) is 0 Å². The summed E-state index contributed by atoms with van der Waals surface area (Å²) in [6, 6.07) is 34.1. The maximum Gasteiger partial charge on any atom is 0.0461 e. The van der Waals surface area contributed by atoms with E-state index in [1.165, 1.54) is 124 Å². The van der Waals surface area contributed by atoms with E-state index in [9.17, 15) is 0 Å². The number of nitrogens with zero attached hydrogens (tertiary/aromatic N) is 1. The molecule has 5 rings (SSSR count). The standard InChI is InChI=1S/C40H49N/c1-32-15-25-38(26-16-32)41(39-27-17-33(2)18-28-39)40-29-20-34(21-30-40)13-11-9-7-5-3-4-6-8-10-12-14-35-19-22-36-23-24-37(36)31-35/h15-22,25-31H,3-14,23-24H2,1-2H3. The molecule has 0 bridgehead atoms. The van der Waals surface area contributed by atoms with E-state index < -0.39 is 0 Å². The molecular weight excluding hydrogens is 494 g/mol. The lowest BCUT2D eigenvalue weighted by Gasteiger charge is -2.26. The first-order valence-corrected chi connectivity index (χ1v) is 16.3. The summed E-state index contributed by atoms with van der Waals surface area (Å²) < 4.78 is 0. The molecule has 0 aromatic heterocycles. The van der Waals surface area contributed by atoms with Gasteiger partial charge in [-0.2, -0.15) is 0 Å². The monoisotopic (exact) mass is 543 g/mol. The van der Waals surface area contributed by atoms with E-state index in [0.717, 1.165) is 0 Å². The van der Waals surface area contributed by atoms with E-state index in [-0.39, 0.29) is 0 Å². The van der Waals surface area contributed by atoms with Crippen LogP contribution in [0.2, 0.25) is 0 Å². The van der Waals surface area contributed by atoms with E-state index in [2.05, 4.69) is 110 Å². The SMILES string of the molecule is Cc1ccc(N(c2ccc(C)cc2)c2ccc(CCCCCCCCCCCCc3ccc4c(c3)CC4)cc2)cc1. The summed E-state index contributed by atoms with van der Waals surface area (Å²) in [5, 5.41) is 0. The van der Waals surface area contributed by atoms with Crippen LogP contribution < -0.4 is 4.90 Å². The highest BCUT2D eigenvalue weighted by Gasteiger charge is 2.13. The van der Waals surface area contributed by atoms with Crippen molar-refractivity contribution in [3.05, 3.63) is 124 Å². The lowest BCUT2D eigenvalue weighted by atomic mass is 9.86. The number of rotatable bonds is 16. The van der Waals surface area contributed by atoms with Crippen LogP contribution in [0.5, 0.6) is 0 Å². The second kappa shape index (κ2) is 15.1. The highest BCUT2D eigenvalue weighted by Crippen LogP contribution is 2.35. The molecule has 4 aromatic rings. The quantitative estimate of drug-likeness (QED) is 0.127. The van der Waals surface area contributed by atoms with Gasteiger partial charge in [-0.25, -0.2) is 0 Å². The largest absolute Gasteiger partial charge is 0.311 e. The van der Waals surface area contributed by atoms with Crippen molar-refractivity contribution in [2.45, 2.75) is 104 Å². The van der Waals surface area contributed by atoms with E-state index in [1.54, 1.807) is 16.7 Å². The Kier molecular flexibility index (Phi) is 10.7. The van der Waals surface area contributed by atoms with Crippen LogP contribution in [-0.4, -0.2) is 0 Å². The first-order valence-electron chi connectivity index (χ1n) is 16.3. The van der Waals surface area contributed by atoms with Crippen LogP contribution >= 0.6 is 0 Å². The van der Waals surface area contributed by atoms with Crippen LogP contribution in [0.25, 0.3) is 0 Å². The van der Waals surface area contributed by atoms with E-state index >= 15 is 0 Å². The zero-order chi connectivity index (χ0) is 28.3. The number of anilines is 3. The topological polar surface area (TPSA) is 3.24 Å². The molecule has 0 N–H and O–H groups in total. The zero-order valence-corrected chi connectivity index (χ0v) is 25.5. The van der Waals surface area contributed by atoms with Crippen molar-refractivity contribution in [3.8, 4) is 0 Å². The normalized spacial score (nSPS) is 12.1. The molecule has 0 saturated carbocycles. The van der Waals surface area contributed by atoms with Crippen LogP contribution in [0.15, 0.2) is 91.0 Å². The van der Waals surface area contributed by atoms with Crippen molar-refractivity contribution in [1.82, 2.24) is 0 Å². The minimum Gasteiger partial charge on any atom is -0.311 e. The fraction of sp³-hybridized carbons (Fsp3) is 0.400. The third kappa shape index (κ3) is 8.59. The lowest BCUT2D eigenvalue weighted by molar-refractivity contribution is 0.551. The zero-order valence-electron chi connectivity index (χ0n) is 25.5. The average molecular weight is 544 g/mol. The highest BCUT2D eigenvalue weighted by atomic mass is 15.1. The molecule has 0 unspecified atom stereocenters. The van der Waals surface area contributed by atoms with Gasteiger partial charge in [0.15, 0.2) is 0 Å². The van der Waals surface area contributed by atoms with Crippen molar-refractivity contribution in [2.24, 2.45) is 0 Å². The maximum atomic E-state index is 2.46. The molecule has 0 radical (unpaired) electrons. The first kappa shape index (κ1) is 29.2. The van der Waals surface area contributed by atoms with Gasteiger partial charge in [-0.1, -0.05) is 117 Å². The summed E-state index contributed by atoms with van der Waals surface area (Å²) >= 11 is 0. The Bertz CT molecular complexity index is 1290. The molecule has 1 nitrogen and oxygen atoms in total. The molecule has 1 aliphatic carbocycles. The van der Waals surface area contributed by atoms with Gasteiger partial charge >= 0.3 is 0 Å². The van der Waals surface area contributed by atoms with Crippen molar-refractivity contribution < 1.29 is 0 Å². The minimum atomic E-state index is 1.18. The molecule has 0 heterocycles. The summed E-state index contributed by atoms with van der Waals surface area (Å²) in [6.07, 6.45) is 18.9. The van der Waals surface area contributed by atoms with Crippen LogP contribution in [0.4, 0.5) is 17.1 Å². The number of aryl methyl sites for hydroxylation is 6. The number of unbranched alkanes of at least 4 members (excludes halogenated alkanes) is 9. The van der Waals surface area contributed by atoms with Gasteiger partial charge in [-0.05, 0) is 111 Å². The van der Waals surface area contributed by atoms with Crippen molar-refractivity contribution in [1.29, 1.82) is 0 Å². The summed E-state index contributed by atoms with van der Waals surface area (Å²) in [4.78, 5) is 2.36. The van der Waals surface area contributed by atoms with Gasteiger partial charge in [0, 0.05) is 17.1 Å². The van der Waals surface area contributed by atoms with Crippen LogP contribution in [0.1, 0.15) is 97.6 Å². The third-order valence-corrected chi connectivity index (χ3v) is 8.89. The molecule has 41 heavy (non-hydrogen) atoms. The van der Waals surface area contributed by atoms with E-state index in [0.29, 0.717) is 0 Å². The molecule has 0 amide bonds. The van der Waals surface area contributed by atoms with Gasteiger partial charge in [-0.15, -0.1) is 0 Å². The molecule has 1 heteroatoms. The van der Waals surface area contributed by atoms with Crippen LogP contribution in [0, 0.1) is 13.8 Å². The number of hydrogen-bond donors (Lipinski definition) is 0. The predicted molar refractivity (Wildman–Crippen MR) is 178 cm³/mol. The van der Waals surface area contributed by atoms with Gasteiger partial charge in [-0.3, -0.25) is 0 Å². The molecule has 214 valence electrons. The van der Waals surface area contributed by atoms with Crippen molar-refractivity contribution >= 4 is 17.1 Å². The van der Waals surface area contributed by atoms with E-state index in [1.807, 2.05) is 0 Å². The fourth-order valence-electron chi connectivity index (χ4n) is 6.12. The molecular formula is C40H49N. The van der Waals surface area contributed by atoms with Crippen molar-refractivity contribution in [2.75, 3.05) is 4.90 Å². The predicted octanol–water partition coefficient (Wildman–Crippen LogP) is 11.6. The number of benzene rings is 4. The second-order valence-corrected chi connectivity index (χ2v) is 12.3. The Morgan fingerprint density at radius 2 is 0.805 bits per heavy atom. The number of hydrogen-bond acceptors (Lipinski definition) is 1. The summed E-state index contributed by atoms with van der Waals surface area (Å²) in [7, 11) is 0.